The molecule has 1 heterocycles. The van der Waals surface area contributed by atoms with Crippen LogP contribution in [0.1, 0.15) is 6.92 Å². The van der Waals surface area contributed by atoms with Crippen molar-refractivity contribution in [2.75, 3.05) is 36.1 Å². The van der Waals surface area contributed by atoms with Crippen molar-refractivity contribution in [1.29, 1.82) is 0 Å². The van der Waals surface area contributed by atoms with Gasteiger partial charge in [0.2, 0.25) is 17.8 Å². The Morgan fingerprint density at radius 3 is 2.21 bits per heavy atom. The third kappa shape index (κ3) is 2.43. The highest BCUT2D eigenvalue weighted by molar-refractivity contribution is 5.39. The van der Waals surface area contributed by atoms with Crippen LogP contribution in [0, 0.1) is 0 Å². The first-order chi connectivity index (χ1) is 6.67. The minimum absolute atomic E-state index is 0.0271. The summed E-state index contributed by atoms with van der Waals surface area (Å²) in [6.45, 7) is 3.06. The van der Waals surface area contributed by atoms with E-state index in [2.05, 4.69) is 15.0 Å². The lowest BCUT2D eigenvalue weighted by molar-refractivity contribution is 0.301. The van der Waals surface area contributed by atoms with Crippen LogP contribution in [0.25, 0.3) is 0 Å². The second kappa shape index (κ2) is 4.56. The quantitative estimate of drug-likeness (QED) is 0.560. The lowest BCUT2D eigenvalue weighted by atomic mass is 10.5. The number of hydrogen-bond donors (Lipinski definition) is 3. The molecule has 0 atom stereocenters. The Morgan fingerprint density at radius 1 is 1.21 bits per heavy atom. The van der Waals surface area contributed by atoms with Crippen LogP contribution in [0.15, 0.2) is 0 Å². The van der Waals surface area contributed by atoms with E-state index in [-0.39, 0.29) is 18.5 Å². The average Bonchev–Trinajstić information content (AvgIpc) is 2.12. The standard InChI is InChI=1S/C7H14N6O/c1-2-13(3-4-14)7-11-5(8)10-6(9)12-7/h14H,2-4H2,1H3,(H4,8,9,10,11,12). The molecular weight excluding hydrogens is 184 g/mol. The van der Waals surface area contributed by atoms with Crippen molar-refractivity contribution in [3.05, 3.63) is 0 Å². The molecule has 0 aliphatic rings. The first-order valence-electron chi connectivity index (χ1n) is 4.30. The Bertz CT molecular complexity index is 284. The molecule has 0 bridgehead atoms. The van der Waals surface area contributed by atoms with E-state index in [9.17, 15) is 0 Å². The monoisotopic (exact) mass is 198 g/mol. The number of nitrogens with two attached hydrogens (primary N) is 2. The van der Waals surface area contributed by atoms with Gasteiger partial charge in [-0.15, -0.1) is 0 Å². The van der Waals surface area contributed by atoms with Gasteiger partial charge in [0.05, 0.1) is 6.61 Å². The fourth-order valence-corrected chi connectivity index (χ4v) is 1.06. The number of hydrogen-bond acceptors (Lipinski definition) is 7. The summed E-state index contributed by atoms with van der Waals surface area (Å²) in [6, 6.07) is 0. The summed E-state index contributed by atoms with van der Waals surface area (Å²) in [5, 5.41) is 8.79. The average molecular weight is 198 g/mol. The molecule has 0 amide bonds. The molecule has 7 heteroatoms. The molecule has 0 radical (unpaired) electrons. The molecule has 0 aromatic carbocycles. The number of rotatable bonds is 4. The van der Waals surface area contributed by atoms with E-state index >= 15 is 0 Å². The lowest BCUT2D eigenvalue weighted by Crippen LogP contribution is -2.28. The largest absolute Gasteiger partial charge is 0.395 e. The van der Waals surface area contributed by atoms with E-state index in [4.69, 9.17) is 16.6 Å². The SMILES string of the molecule is CCN(CCO)c1nc(N)nc(N)n1. The third-order valence-electron chi connectivity index (χ3n) is 1.69. The first kappa shape index (κ1) is 10.5. The molecular formula is C7H14N6O. The Morgan fingerprint density at radius 2 is 1.79 bits per heavy atom. The van der Waals surface area contributed by atoms with Gasteiger partial charge >= 0.3 is 0 Å². The van der Waals surface area contributed by atoms with Crippen molar-refractivity contribution >= 4 is 17.8 Å². The second-order valence-electron chi connectivity index (χ2n) is 2.66. The van der Waals surface area contributed by atoms with E-state index in [1.165, 1.54) is 0 Å². The van der Waals surface area contributed by atoms with Gasteiger partial charge in [-0.3, -0.25) is 0 Å². The predicted octanol–water partition coefficient (Wildman–Crippen LogP) is -1.15. The van der Waals surface area contributed by atoms with Crippen LogP contribution in [0.2, 0.25) is 0 Å². The zero-order valence-electron chi connectivity index (χ0n) is 8.01. The molecule has 0 saturated heterocycles. The number of likely N-dealkylation sites (N-methyl/N-ethyl adjacent to an activating group) is 1. The van der Waals surface area contributed by atoms with Crippen LogP contribution >= 0.6 is 0 Å². The van der Waals surface area contributed by atoms with Crippen LogP contribution in [-0.2, 0) is 0 Å². The molecule has 0 unspecified atom stereocenters. The van der Waals surface area contributed by atoms with E-state index in [1.54, 1.807) is 4.90 Å². The van der Waals surface area contributed by atoms with E-state index in [1.807, 2.05) is 6.92 Å². The maximum absolute atomic E-state index is 8.79. The van der Waals surface area contributed by atoms with Crippen LogP contribution in [0.5, 0.6) is 0 Å². The van der Waals surface area contributed by atoms with Gasteiger partial charge < -0.3 is 21.5 Å². The predicted molar refractivity (Wildman–Crippen MR) is 53.6 cm³/mol. The second-order valence-corrected chi connectivity index (χ2v) is 2.66. The number of nitrogen functional groups attached to an aromatic ring is 2. The Hall–Kier alpha value is -1.63. The summed E-state index contributed by atoms with van der Waals surface area (Å²) in [4.78, 5) is 13.2. The fourth-order valence-electron chi connectivity index (χ4n) is 1.06. The molecule has 1 rings (SSSR count). The molecule has 0 aliphatic carbocycles. The Labute approximate surface area is 81.8 Å². The van der Waals surface area contributed by atoms with Crippen LogP contribution in [0.3, 0.4) is 0 Å². The summed E-state index contributed by atoms with van der Waals surface area (Å²) < 4.78 is 0. The minimum atomic E-state index is 0.0271. The van der Waals surface area contributed by atoms with Gasteiger partial charge in [-0.2, -0.15) is 15.0 Å². The van der Waals surface area contributed by atoms with Gasteiger partial charge in [0.15, 0.2) is 0 Å². The Balaban J connectivity index is 2.91. The minimum Gasteiger partial charge on any atom is -0.395 e. The smallest absolute Gasteiger partial charge is 0.232 e. The van der Waals surface area contributed by atoms with Crippen molar-refractivity contribution in [2.24, 2.45) is 0 Å². The fraction of sp³-hybridized carbons (Fsp3) is 0.571. The third-order valence-corrected chi connectivity index (χ3v) is 1.69. The van der Waals surface area contributed by atoms with Gasteiger partial charge in [-0.25, -0.2) is 0 Å². The topological polar surface area (TPSA) is 114 Å². The molecule has 78 valence electrons. The molecule has 1 aromatic rings. The normalized spacial score (nSPS) is 10.1. The number of anilines is 3. The summed E-state index contributed by atoms with van der Waals surface area (Å²) in [5.41, 5.74) is 10.8. The highest BCUT2D eigenvalue weighted by Gasteiger charge is 2.08. The summed E-state index contributed by atoms with van der Waals surface area (Å²) in [5.74, 6) is 0.569. The van der Waals surface area contributed by atoms with E-state index in [0.717, 1.165) is 0 Å². The number of aromatic nitrogens is 3. The zero-order chi connectivity index (χ0) is 10.6. The maximum atomic E-state index is 8.79. The molecule has 0 fully saturated rings. The van der Waals surface area contributed by atoms with Gasteiger partial charge in [-0.1, -0.05) is 0 Å². The number of aliphatic hydroxyl groups excluding tert-OH is 1. The van der Waals surface area contributed by atoms with Crippen molar-refractivity contribution in [3.8, 4) is 0 Å². The summed E-state index contributed by atoms with van der Waals surface area (Å²) in [7, 11) is 0. The number of nitrogens with zero attached hydrogens (tertiary/aromatic N) is 4. The van der Waals surface area contributed by atoms with Crippen LogP contribution in [0.4, 0.5) is 17.8 Å². The summed E-state index contributed by atoms with van der Waals surface area (Å²) in [6.07, 6.45) is 0. The Kier molecular flexibility index (Phi) is 3.41. The zero-order valence-corrected chi connectivity index (χ0v) is 8.01. The lowest BCUT2D eigenvalue weighted by Gasteiger charge is -2.19. The molecule has 1 aromatic heterocycles. The van der Waals surface area contributed by atoms with Crippen LogP contribution in [-0.4, -0.2) is 39.8 Å². The number of aliphatic hydroxyl groups is 1. The van der Waals surface area contributed by atoms with E-state index < -0.39 is 0 Å². The summed E-state index contributed by atoms with van der Waals surface area (Å²) >= 11 is 0. The van der Waals surface area contributed by atoms with E-state index in [0.29, 0.717) is 19.0 Å². The van der Waals surface area contributed by atoms with Crippen molar-refractivity contribution < 1.29 is 5.11 Å². The highest BCUT2D eigenvalue weighted by atomic mass is 16.3. The van der Waals surface area contributed by atoms with Crippen molar-refractivity contribution in [1.82, 2.24) is 15.0 Å². The van der Waals surface area contributed by atoms with Crippen molar-refractivity contribution in [2.45, 2.75) is 6.92 Å². The van der Waals surface area contributed by atoms with Gasteiger partial charge in [0, 0.05) is 13.1 Å². The van der Waals surface area contributed by atoms with Gasteiger partial charge in [-0.05, 0) is 6.92 Å². The first-order valence-corrected chi connectivity index (χ1v) is 4.30. The van der Waals surface area contributed by atoms with Crippen LogP contribution < -0.4 is 16.4 Å². The molecule has 7 nitrogen and oxygen atoms in total. The molecule has 0 saturated carbocycles. The molecule has 5 N–H and O–H groups in total. The molecule has 0 spiro atoms. The molecule has 14 heavy (non-hydrogen) atoms. The van der Waals surface area contributed by atoms with Gasteiger partial charge in [0.1, 0.15) is 0 Å². The molecule has 0 aliphatic heterocycles. The highest BCUT2D eigenvalue weighted by Crippen LogP contribution is 2.08. The maximum Gasteiger partial charge on any atom is 0.232 e. The van der Waals surface area contributed by atoms with Crippen molar-refractivity contribution in [3.63, 3.8) is 0 Å². The van der Waals surface area contributed by atoms with Gasteiger partial charge in [0.25, 0.3) is 0 Å².